The monoisotopic (exact) mass is 180 g/mol. The summed E-state index contributed by atoms with van der Waals surface area (Å²) in [4.78, 5) is 0. The van der Waals surface area contributed by atoms with E-state index in [-0.39, 0.29) is 11.2 Å². The van der Waals surface area contributed by atoms with E-state index in [0.717, 1.165) is 17.5 Å². The van der Waals surface area contributed by atoms with Gasteiger partial charge in [-0.25, -0.2) is 4.39 Å². The molecular formula is C11H13FO. The van der Waals surface area contributed by atoms with Crippen LogP contribution in [0.15, 0.2) is 18.2 Å². The molecule has 1 aliphatic rings. The third-order valence-electron chi connectivity index (χ3n) is 2.79. The van der Waals surface area contributed by atoms with E-state index >= 15 is 0 Å². The topological polar surface area (TPSA) is 20.2 Å². The second-order valence-corrected chi connectivity index (χ2v) is 4.41. The van der Waals surface area contributed by atoms with Gasteiger partial charge in [0.2, 0.25) is 0 Å². The van der Waals surface area contributed by atoms with Gasteiger partial charge in [-0.2, -0.15) is 0 Å². The van der Waals surface area contributed by atoms with E-state index < -0.39 is 6.10 Å². The van der Waals surface area contributed by atoms with Crippen molar-refractivity contribution in [1.82, 2.24) is 0 Å². The Morgan fingerprint density at radius 2 is 2.15 bits per heavy atom. The van der Waals surface area contributed by atoms with Crippen molar-refractivity contribution >= 4 is 0 Å². The molecule has 0 saturated carbocycles. The molecule has 1 atom stereocenters. The van der Waals surface area contributed by atoms with Gasteiger partial charge in [0.1, 0.15) is 5.82 Å². The summed E-state index contributed by atoms with van der Waals surface area (Å²) in [7, 11) is 0. The van der Waals surface area contributed by atoms with E-state index in [2.05, 4.69) is 0 Å². The minimum Gasteiger partial charge on any atom is -0.388 e. The van der Waals surface area contributed by atoms with Crippen molar-refractivity contribution in [3.8, 4) is 0 Å². The van der Waals surface area contributed by atoms with Gasteiger partial charge in [-0.1, -0.05) is 19.9 Å². The van der Waals surface area contributed by atoms with Crippen LogP contribution in [0.25, 0.3) is 0 Å². The van der Waals surface area contributed by atoms with Gasteiger partial charge in [0, 0.05) is 0 Å². The minimum atomic E-state index is -0.529. The zero-order valence-electron chi connectivity index (χ0n) is 7.84. The average molecular weight is 180 g/mol. The smallest absolute Gasteiger partial charge is 0.123 e. The fourth-order valence-electron chi connectivity index (χ4n) is 1.99. The largest absolute Gasteiger partial charge is 0.388 e. The lowest BCUT2D eigenvalue weighted by Gasteiger charge is -2.22. The fraction of sp³-hybridized carbons (Fsp3) is 0.455. The van der Waals surface area contributed by atoms with Crippen LogP contribution in [0, 0.1) is 11.2 Å². The lowest BCUT2D eigenvalue weighted by atomic mass is 9.88. The molecule has 1 N–H and O–H groups in total. The first-order chi connectivity index (χ1) is 6.00. The van der Waals surface area contributed by atoms with Crippen molar-refractivity contribution in [2.24, 2.45) is 5.41 Å². The Labute approximate surface area is 77.2 Å². The molecular weight excluding hydrogens is 167 g/mol. The molecule has 0 radical (unpaired) electrons. The molecule has 0 heterocycles. The van der Waals surface area contributed by atoms with Crippen LogP contribution in [0.5, 0.6) is 0 Å². The summed E-state index contributed by atoms with van der Waals surface area (Å²) in [5, 5.41) is 9.87. The summed E-state index contributed by atoms with van der Waals surface area (Å²) >= 11 is 0. The van der Waals surface area contributed by atoms with Gasteiger partial charge >= 0.3 is 0 Å². The Kier molecular flexibility index (Phi) is 1.70. The summed E-state index contributed by atoms with van der Waals surface area (Å²) in [6.07, 6.45) is 0.294. The lowest BCUT2D eigenvalue weighted by Crippen LogP contribution is -2.16. The molecule has 70 valence electrons. The third kappa shape index (κ3) is 1.25. The highest BCUT2D eigenvalue weighted by atomic mass is 19.1. The minimum absolute atomic E-state index is 0.157. The van der Waals surface area contributed by atoms with Crippen molar-refractivity contribution < 1.29 is 9.50 Å². The van der Waals surface area contributed by atoms with Gasteiger partial charge in [0.15, 0.2) is 0 Å². The van der Waals surface area contributed by atoms with E-state index in [4.69, 9.17) is 0 Å². The molecule has 13 heavy (non-hydrogen) atoms. The summed E-state index contributed by atoms with van der Waals surface area (Å²) < 4.78 is 12.9. The number of hydrogen-bond donors (Lipinski definition) is 1. The first-order valence-corrected chi connectivity index (χ1v) is 4.47. The second-order valence-electron chi connectivity index (χ2n) is 4.41. The normalized spacial score (nSPS) is 24.5. The highest BCUT2D eigenvalue weighted by Gasteiger charge is 2.37. The SMILES string of the molecule is CC1(C)Cc2ccc(F)cc2C1O. The molecule has 1 aromatic rings. The van der Waals surface area contributed by atoms with Gasteiger partial charge in [0.25, 0.3) is 0 Å². The van der Waals surface area contributed by atoms with Crippen LogP contribution in [0.2, 0.25) is 0 Å². The highest BCUT2D eigenvalue weighted by molar-refractivity contribution is 5.36. The molecule has 2 heteroatoms. The van der Waals surface area contributed by atoms with Gasteiger partial charge in [0.05, 0.1) is 6.10 Å². The summed E-state index contributed by atoms with van der Waals surface area (Å²) in [5.41, 5.74) is 1.67. The molecule has 0 spiro atoms. The molecule has 0 fully saturated rings. The highest BCUT2D eigenvalue weighted by Crippen LogP contribution is 2.44. The standard InChI is InChI=1S/C11H13FO/c1-11(2)6-7-3-4-8(12)5-9(7)10(11)13/h3-5,10,13H,6H2,1-2H3. The van der Waals surface area contributed by atoms with Crippen molar-refractivity contribution in [3.05, 3.63) is 35.1 Å². The second kappa shape index (κ2) is 2.55. The summed E-state index contributed by atoms with van der Waals surface area (Å²) in [5.74, 6) is -0.268. The van der Waals surface area contributed by atoms with Crippen molar-refractivity contribution in [1.29, 1.82) is 0 Å². The Hall–Kier alpha value is -0.890. The van der Waals surface area contributed by atoms with E-state index in [1.54, 1.807) is 6.07 Å². The quantitative estimate of drug-likeness (QED) is 0.650. The van der Waals surface area contributed by atoms with Gasteiger partial charge in [-0.3, -0.25) is 0 Å². The van der Waals surface area contributed by atoms with Crippen LogP contribution >= 0.6 is 0 Å². The van der Waals surface area contributed by atoms with Crippen molar-refractivity contribution in [2.45, 2.75) is 26.4 Å². The Morgan fingerprint density at radius 1 is 1.46 bits per heavy atom. The van der Waals surface area contributed by atoms with E-state index in [9.17, 15) is 9.50 Å². The molecule has 2 rings (SSSR count). The molecule has 1 nitrogen and oxygen atoms in total. The number of halogens is 1. The van der Waals surface area contributed by atoms with Crippen LogP contribution in [0.1, 0.15) is 31.1 Å². The first kappa shape index (κ1) is 8.70. The van der Waals surface area contributed by atoms with Crippen molar-refractivity contribution in [3.63, 3.8) is 0 Å². The number of aliphatic hydroxyl groups is 1. The number of benzene rings is 1. The molecule has 0 bridgehead atoms. The van der Waals surface area contributed by atoms with Crippen LogP contribution in [-0.4, -0.2) is 5.11 Å². The molecule has 0 aromatic heterocycles. The maximum Gasteiger partial charge on any atom is 0.123 e. The van der Waals surface area contributed by atoms with Gasteiger partial charge in [-0.15, -0.1) is 0 Å². The van der Waals surface area contributed by atoms with Crippen LogP contribution in [0.3, 0.4) is 0 Å². The maximum atomic E-state index is 12.9. The number of fused-ring (bicyclic) bond motifs is 1. The van der Waals surface area contributed by atoms with Crippen LogP contribution in [0.4, 0.5) is 4.39 Å². The predicted octanol–water partition coefficient (Wildman–Crippen LogP) is 2.44. The summed E-state index contributed by atoms with van der Waals surface area (Å²) in [6.45, 7) is 3.99. The Balaban J connectivity index is 2.51. The average Bonchev–Trinajstić information content (AvgIpc) is 2.26. The Bertz CT molecular complexity index is 344. The number of rotatable bonds is 0. The maximum absolute atomic E-state index is 12.9. The van der Waals surface area contributed by atoms with Crippen LogP contribution < -0.4 is 0 Å². The molecule has 0 amide bonds. The van der Waals surface area contributed by atoms with E-state index in [1.807, 2.05) is 13.8 Å². The fourth-order valence-corrected chi connectivity index (χ4v) is 1.99. The third-order valence-corrected chi connectivity index (χ3v) is 2.79. The molecule has 1 unspecified atom stereocenters. The Morgan fingerprint density at radius 3 is 2.85 bits per heavy atom. The predicted molar refractivity (Wildman–Crippen MR) is 48.8 cm³/mol. The van der Waals surface area contributed by atoms with E-state index in [1.165, 1.54) is 12.1 Å². The number of aliphatic hydroxyl groups excluding tert-OH is 1. The van der Waals surface area contributed by atoms with Gasteiger partial charge < -0.3 is 5.11 Å². The van der Waals surface area contributed by atoms with E-state index in [0.29, 0.717) is 0 Å². The van der Waals surface area contributed by atoms with Gasteiger partial charge in [-0.05, 0) is 35.1 Å². The summed E-state index contributed by atoms with van der Waals surface area (Å²) in [6, 6.07) is 4.66. The zero-order chi connectivity index (χ0) is 9.64. The molecule has 1 aromatic carbocycles. The molecule has 1 aliphatic carbocycles. The number of hydrogen-bond acceptors (Lipinski definition) is 1. The molecule has 0 aliphatic heterocycles. The first-order valence-electron chi connectivity index (χ1n) is 4.47. The lowest BCUT2D eigenvalue weighted by molar-refractivity contribution is 0.0664. The van der Waals surface area contributed by atoms with Crippen LogP contribution in [-0.2, 0) is 6.42 Å². The molecule has 0 saturated heterocycles. The van der Waals surface area contributed by atoms with Crippen molar-refractivity contribution in [2.75, 3.05) is 0 Å². The zero-order valence-corrected chi connectivity index (χ0v) is 7.84.